The fourth-order valence-corrected chi connectivity index (χ4v) is 1.29. The quantitative estimate of drug-likeness (QED) is 0.816. The van der Waals surface area contributed by atoms with E-state index >= 15 is 0 Å². The molecule has 0 bridgehead atoms. The van der Waals surface area contributed by atoms with Crippen LogP contribution in [0.25, 0.3) is 0 Å². The highest BCUT2D eigenvalue weighted by Gasteiger charge is 2.21. The van der Waals surface area contributed by atoms with E-state index in [-0.39, 0.29) is 17.4 Å². The molecule has 0 fully saturated rings. The molecule has 1 amide bonds. The Morgan fingerprint density at radius 3 is 2.38 bits per heavy atom. The highest BCUT2D eigenvalue weighted by atomic mass is 16.2. The van der Waals surface area contributed by atoms with E-state index < -0.39 is 0 Å². The Labute approximate surface area is 97.0 Å². The van der Waals surface area contributed by atoms with Gasteiger partial charge in [0, 0.05) is 18.0 Å². The highest BCUT2D eigenvalue weighted by molar-refractivity contribution is 5.81. The minimum Gasteiger partial charge on any atom is -0.354 e. The van der Waals surface area contributed by atoms with Crippen LogP contribution in [-0.4, -0.2) is 12.5 Å². The van der Waals surface area contributed by atoms with Crippen LogP contribution < -0.4 is 11.1 Å². The smallest absolute Gasteiger partial charge is 0.225 e. The Balaban J connectivity index is 2.48. The van der Waals surface area contributed by atoms with Gasteiger partial charge >= 0.3 is 0 Å². The van der Waals surface area contributed by atoms with Crippen LogP contribution in [-0.2, 0) is 4.79 Å². The predicted molar refractivity (Wildman–Crippen MR) is 65.8 cm³/mol. The maximum atomic E-state index is 11.6. The number of nitrogens with one attached hydrogen (secondary N) is 1. The second kappa shape index (κ2) is 5.12. The zero-order valence-corrected chi connectivity index (χ0v) is 10.2. The zero-order chi connectivity index (χ0) is 12.2. The van der Waals surface area contributed by atoms with Crippen molar-refractivity contribution in [3.8, 4) is 0 Å². The van der Waals surface area contributed by atoms with Crippen molar-refractivity contribution in [1.82, 2.24) is 5.32 Å². The summed E-state index contributed by atoms with van der Waals surface area (Å²) < 4.78 is 0. The van der Waals surface area contributed by atoms with E-state index in [1.807, 2.05) is 51.1 Å². The lowest BCUT2D eigenvalue weighted by Gasteiger charge is -2.20. The van der Waals surface area contributed by atoms with Crippen LogP contribution in [0, 0.1) is 5.41 Å². The van der Waals surface area contributed by atoms with Gasteiger partial charge < -0.3 is 11.1 Å². The normalized spacial score (nSPS) is 13.2. The standard InChI is InChI=1S/C13H20N2O/c1-13(2,3)12(16)15-9-11(14)10-7-5-4-6-8-10/h4-8,11H,9,14H2,1-3H3,(H,15,16). The zero-order valence-electron chi connectivity index (χ0n) is 10.2. The monoisotopic (exact) mass is 220 g/mol. The van der Waals surface area contributed by atoms with Gasteiger partial charge in [-0.2, -0.15) is 0 Å². The van der Waals surface area contributed by atoms with Gasteiger partial charge in [0.05, 0.1) is 0 Å². The van der Waals surface area contributed by atoms with Crippen LogP contribution in [0.1, 0.15) is 32.4 Å². The van der Waals surface area contributed by atoms with Crippen LogP contribution in [0.2, 0.25) is 0 Å². The largest absolute Gasteiger partial charge is 0.354 e. The number of hydrogen-bond donors (Lipinski definition) is 2. The first kappa shape index (κ1) is 12.7. The molecule has 0 saturated heterocycles. The average molecular weight is 220 g/mol. The van der Waals surface area contributed by atoms with Crippen molar-refractivity contribution in [2.24, 2.45) is 11.1 Å². The maximum absolute atomic E-state index is 11.6. The summed E-state index contributed by atoms with van der Waals surface area (Å²) in [5.74, 6) is 0.0267. The van der Waals surface area contributed by atoms with Crippen LogP contribution in [0.15, 0.2) is 30.3 Å². The van der Waals surface area contributed by atoms with Crippen molar-refractivity contribution in [3.05, 3.63) is 35.9 Å². The van der Waals surface area contributed by atoms with Crippen LogP contribution >= 0.6 is 0 Å². The number of benzene rings is 1. The molecule has 0 radical (unpaired) electrons. The third-order valence-corrected chi connectivity index (χ3v) is 2.39. The van der Waals surface area contributed by atoms with E-state index in [4.69, 9.17) is 5.73 Å². The molecule has 0 aromatic heterocycles. The molecule has 0 spiro atoms. The molecule has 1 unspecified atom stereocenters. The van der Waals surface area contributed by atoms with Crippen LogP contribution in [0.5, 0.6) is 0 Å². The van der Waals surface area contributed by atoms with E-state index in [2.05, 4.69) is 5.32 Å². The van der Waals surface area contributed by atoms with E-state index in [0.29, 0.717) is 6.54 Å². The molecular weight excluding hydrogens is 200 g/mol. The second-order valence-corrected chi connectivity index (χ2v) is 4.98. The Morgan fingerprint density at radius 1 is 1.31 bits per heavy atom. The highest BCUT2D eigenvalue weighted by Crippen LogP contribution is 2.13. The number of rotatable bonds is 3. The fourth-order valence-electron chi connectivity index (χ4n) is 1.29. The van der Waals surface area contributed by atoms with Gasteiger partial charge in [-0.15, -0.1) is 0 Å². The Hall–Kier alpha value is -1.35. The third-order valence-electron chi connectivity index (χ3n) is 2.39. The van der Waals surface area contributed by atoms with Gasteiger partial charge in [-0.1, -0.05) is 51.1 Å². The Bertz CT molecular complexity index is 341. The van der Waals surface area contributed by atoms with Crippen molar-refractivity contribution in [3.63, 3.8) is 0 Å². The molecule has 1 aromatic carbocycles. The average Bonchev–Trinajstić information content (AvgIpc) is 2.25. The fraction of sp³-hybridized carbons (Fsp3) is 0.462. The van der Waals surface area contributed by atoms with Gasteiger partial charge in [-0.25, -0.2) is 0 Å². The lowest BCUT2D eigenvalue weighted by Crippen LogP contribution is -2.38. The first-order chi connectivity index (χ1) is 7.41. The summed E-state index contributed by atoms with van der Waals surface area (Å²) in [7, 11) is 0. The minimum atomic E-state index is -0.365. The molecule has 3 nitrogen and oxygen atoms in total. The SMILES string of the molecule is CC(C)(C)C(=O)NCC(N)c1ccccc1. The van der Waals surface area contributed by atoms with Crippen LogP contribution in [0.4, 0.5) is 0 Å². The third kappa shape index (κ3) is 3.66. The lowest BCUT2D eigenvalue weighted by molar-refractivity contribution is -0.128. The summed E-state index contributed by atoms with van der Waals surface area (Å²) in [6.07, 6.45) is 0. The molecule has 1 aromatic rings. The topological polar surface area (TPSA) is 55.1 Å². The molecule has 1 rings (SSSR count). The molecule has 3 N–H and O–H groups in total. The van der Waals surface area contributed by atoms with Crippen molar-refractivity contribution >= 4 is 5.91 Å². The van der Waals surface area contributed by atoms with Gasteiger partial charge in [0.25, 0.3) is 0 Å². The molecule has 88 valence electrons. The lowest BCUT2D eigenvalue weighted by atomic mass is 9.95. The van der Waals surface area contributed by atoms with E-state index in [9.17, 15) is 4.79 Å². The van der Waals surface area contributed by atoms with Gasteiger partial charge in [-0.05, 0) is 5.56 Å². The molecule has 0 aliphatic heterocycles. The Morgan fingerprint density at radius 2 is 1.88 bits per heavy atom. The number of carbonyl (C=O) groups is 1. The molecule has 0 aliphatic rings. The molecule has 3 heteroatoms. The summed E-state index contributed by atoms with van der Waals surface area (Å²) in [5, 5.41) is 2.86. The van der Waals surface area contributed by atoms with Gasteiger partial charge in [-0.3, -0.25) is 4.79 Å². The molecule has 1 atom stereocenters. The van der Waals surface area contributed by atoms with E-state index in [1.165, 1.54) is 0 Å². The molecule has 0 aliphatic carbocycles. The minimum absolute atomic E-state index is 0.0267. The van der Waals surface area contributed by atoms with Crippen molar-refractivity contribution in [2.45, 2.75) is 26.8 Å². The summed E-state index contributed by atoms with van der Waals surface area (Å²) in [4.78, 5) is 11.6. The number of carbonyl (C=O) groups excluding carboxylic acids is 1. The van der Waals surface area contributed by atoms with E-state index in [0.717, 1.165) is 5.56 Å². The number of hydrogen-bond acceptors (Lipinski definition) is 2. The maximum Gasteiger partial charge on any atom is 0.225 e. The summed E-state index contributed by atoms with van der Waals surface area (Å²) in [6, 6.07) is 9.63. The first-order valence-corrected chi connectivity index (χ1v) is 5.50. The van der Waals surface area contributed by atoms with Gasteiger partial charge in [0.1, 0.15) is 0 Å². The van der Waals surface area contributed by atoms with Gasteiger partial charge in [0.2, 0.25) is 5.91 Å². The Kier molecular flexibility index (Phi) is 4.07. The van der Waals surface area contributed by atoms with Crippen LogP contribution in [0.3, 0.4) is 0 Å². The van der Waals surface area contributed by atoms with Crippen molar-refractivity contribution in [1.29, 1.82) is 0 Å². The predicted octanol–water partition coefficient (Wildman–Crippen LogP) is 1.85. The van der Waals surface area contributed by atoms with Crippen molar-refractivity contribution < 1.29 is 4.79 Å². The van der Waals surface area contributed by atoms with E-state index in [1.54, 1.807) is 0 Å². The van der Waals surface area contributed by atoms with Gasteiger partial charge in [0.15, 0.2) is 0 Å². The number of amides is 1. The number of nitrogens with two attached hydrogens (primary N) is 1. The molecule has 0 saturated carbocycles. The summed E-state index contributed by atoms with van der Waals surface area (Å²) in [5.41, 5.74) is 6.65. The summed E-state index contributed by atoms with van der Waals surface area (Å²) >= 11 is 0. The van der Waals surface area contributed by atoms with Crippen molar-refractivity contribution in [2.75, 3.05) is 6.54 Å². The summed E-state index contributed by atoms with van der Waals surface area (Å²) in [6.45, 7) is 6.13. The first-order valence-electron chi connectivity index (χ1n) is 5.50. The molecular formula is C13H20N2O. The molecule has 0 heterocycles. The molecule has 16 heavy (non-hydrogen) atoms. The second-order valence-electron chi connectivity index (χ2n) is 4.98.